The largest absolute Gasteiger partial charge is 0.317 e. The number of rotatable bonds is 3. The first-order valence-electron chi connectivity index (χ1n) is 3.90. The molecule has 2 heteroatoms. The lowest BCUT2D eigenvalue weighted by Gasteiger charge is -1.96. The van der Waals surface area contributed by atoms with Crippen molar-refractivity contribution in [3.05, 3.63) is 47.1 Å². The highest BCUT2D eigenvalue weighted by atomic mass is 19.1. The molecule has 0 fully saturated rings. The molecule has 0 bridgehead atoms. The van der Waals surface area contributed by atoms with Crippen LogP contribution in [0.15, 0.2) is 24.3 Å². The van der Waals surface area contributed by atoms with E-state index in [1.54, 1.807) is 12.1 Å². The molecule has 0 radical (unpaired) electrons. The standard InChI is InChI=1S/C10H10FN/c1-12-8-2-3-9-4-6-10(11)7-5-9/h4-7H,2-3,8H2. The first kappa shape index (κ1) is 8.73. The Morgan fingerprint density at radius 3 is 2.50 bits per heavy atom. The van der Waals surface area contributed by atoms with Crippen molar-refractivity contribution in [2.75, 3.05) is 6.54 Å². The van der Waals surface area contributed by atoms with Gasteiger partial charge in [-0.15, -0.1) is 0 Å². The van der Waals surface area contributed by atoms with Crippen LogP contribution >= 0.6 is 0 Å². The molecule has 0 saturated heterocycles. The van der Waals surface area contributed by atoms with E-state index in [2.05, 4.69) is 4.85 Å². The zero-order valence-electron chi connectivity index (χ0n) is 6.76. The zero-order valence-corrected chi connectivity index (χ0v) is 6.76. The van der Waals surface area contributed by atoms with Gasteiger partial charge < -0.3 is 4.85 Å². The minimum absolute atomic E-state index is 0.205. The molecule has 62 valence electrons. The minimum Gasteiger partial charge on any atom is -0.317 e. The topological polar surface area (TPSA) is 4.36 Å². The number of benzene rings is 1. The second kappa shape index (κ2) is 4.50. The van der Waals surface area contributed by atoms with Gasteiger partial charge in [0.15, 0.2) is 0 Å². The van der Waals surface area contributed by atoms with Crippen LogP contribution in [0.5, 0.6) is 0 Å². The van der Waals surface area contributed by atoms with Crippen LogP contribution in [-0.2, 0) is 6.42 Å². The number of halogens is 1. The average molecular weight is 163 g/mol. The quantitative estimate of drug-likeness (QED) is 0.476. The van der Waals surface area contributed by atoms with E-state index >= 15 is 0 Å². The summed E-state index contributed by atoms with van der Waals surface area (Å²) in [6.07, 6.45) is 1.72. The molecule has 12 heavy (non-hydrogen) atoms. The van der Waals surface area contributed by atoms with E-state index in [-0.39, 0.29) is 5.82 Å². The predicted molar refractivity (Wildman–Crippen MR) is 46.2 cm³/mol. The van der Waals surface area contributed by atoms with Crippen molar-refractivity contribution in [3.8, 4) is 0 Å². The Morgan fingerprint density at radius 2 is 1.92 bits per heavy atom. The van der Waals surface area contributed by atoms with Crippen LogP contribution in [0, 0.1) is 12.4 Å². The van der Waals surface area contributed by atoms with E-state index in [0.29, 0.717) is 6.54 Å². The molecule has 1 aromatic carbocycles. The molecule has 0 unspecified atom stereocenters. The normalized spacial score (nSPS) is 9.33. The number of hydrogen-bond acceptors (Lipinski definition) is 0. The maximum Gasteiger partial charge on any atom is 0.215 e. The highest BCUT2D eigenvalue weighted by Gasteiger charge is 1.94. The zero-order chi connectivity index (χ0) is 8.81. The van der Waals surface area contributed by atoms with Crippen molar-refractivity contribution in [1.82, 2.24) is 0 Å². The summed E-state index contributed by atoms with van der Waals surface area (Å²) in [6.45, 7) is 7.12. The van der Waals surface area contributed by atoms with Crippen LogP contribution in [0.4, 0.5) is 4.39 Å². The van der Waals surface area contributed by atoms with Crippen LogP contribution in [-0.4, -0.2) is 6.54 Å². The monoisotopic (exact) mass is 163 g/mol. The van der Waals surface area contributed by atoms with Crippen molar-refractivity contribution in [3.63, 3.8) is 0 Å². The van der Waals surface area contributed by atoms with Crippen molar-refractivity contribution in [1.29, 1.82) is 0 Å². The Balaban J connectivity index is 2.43. The van der Waals surface area contributed by atoms with E-state index < -0.39 is 0 Å². The van der Waals surface area contributed by atoms with Gasteiger partial charge in [0, 0.05) is 6.42 Å². The Bertz CT molecular complexity index is 271. The summed E-state index contributed by atoms with van der Waals surface area (Å²) >= 11 is 0. The van der Waals surface area contributed by atoms with Gasteiger partial charge in [0.2, 0.25) is 6.54 Å². The number of aryl methyl sites for hydroxylation is 1. The summed E-state index contributed by atoms with van der Waals surface area (Å²) in [5, 5.41) is 0. The van der Waals surface area contributed by atoms with Crippen molar-refractivity contribution in [2.45, 2.75) is 12.8 Å². The first-order valence-corrected chi connectivity index (χ1v) is 3.90. The van der Waals surface area contributed by atoms with E-state index in [1.807, 2.05) is 0 Å². The Kier molecular flexibility index (Phi) is 3.28. The third kappa shape index (κ3) is 2.71. The second-order valence-corrected chi connectivity index (χ2v) is 2.61. The van der Waals surface area contributed by atoms with Crippen LogP contribution in [0.1, 0.15) is 12.0 Å². The van der Waals surface area contributed by atoms with E-state index in [4.69, 9.17) is 6.57 Å². The molecule has 0 aromatic heterocycles. The first-order chi connectivity index (χ1) is 5.83. The summed E-state index contributed by atoms with van der Waals surface area (Å²) in [4.78, 5) is 3.24. The third-order valence-corrected chi connectivity index (χ3v) is 1.65. The molecular weight excluding hydrogens is 153 g/mol. The fraction of sp³-hybridized carbons (Fsp3) is 0.300. The van der Waals surface area contributed by atoms with Crippen LogP contribution < -0.4 is 0 Å². The summed E-state index contributed by atoms with van der Waals surface area (Å²) in [5.74, 6) is -0.205. The second-order valence-electron chi connectivity index (χ2n) is 2.61. The molecule has 1 nitrogen and oxygen atoms in total. The van der Waals surface area contributed by atoms with Gasteiger partial charge in [-0.2, -0.15) is 0 Å². The molecule has 1 rings (SSSR count). The fourth-order valence-electron chi connectivity index (χ4n) is 1.01. The maximum absolute atomic E-state index is 12.4. The SMILES string of the molecule is [C-]#[N+]CCCc1ccc(F)cc1. The van der Waals surface area contributed by atoms with E-state index in [1.165, 1.54) is 12.1 Å². The van der Waals surface area contributed by atoms with Gasteiger partial charge in [-0.3, -0.25) is 0 Å². The average Bonchev–Trinajstić information content (AvgIpc) is 2.09. The van der Waals surface area contributed by atoms with Gasteiger partial charge in [0.1, 0.15) is 5.82 Å². The molecule has 0 amide bonds. The molecule has 0 aliphatic rings. The van der Waals surface area contributed by atoms with Crippen molar-refractivity contribution in [2.24, 2.45) is 0 Å². The van der Waals surface area contributed by atoms with Gasteiger partial charge in [-0.1, -0.05) is 12.1 Å². The molecule has 0 aliphatic heterocycles. The van der Waals surface area contributed by atoms with Gasteiger partial charge in [-0.25, -0.2) is 11.0 Å². The minimum atomic E-state index is -0.205. The molecule has 0 N–H and O–H groups in total. The molecule has 0 saturated carbocycles. The Morgan fingerprint density at radius 1 is 1.25 bits per heavy atom. The lowest BCUT2D eigenvalue weighted by atomic mass is 10.1. The van der Waals surface area contributed by atoms with Crippen LogP contribution in [0.2, 0.25) is 0 Å². The summed E-state index contributed by atoms with van der Waals surface area (Å²) in [6, 6.07) is 6.43. The lowest BCUT2D eigenvalue weighted by molar-refractivity contribution is 0.627. The summed E-state index contributed by atoms with van der Waals surface area (Å²) < 4.78 is 12.4. The molecule has 0 spiro atoms. The number of hydrogen-bond donors (Lipinski definition) is 0. The van der Waals surface area contributed by atoms with Gasteiger partial charge >= 0.3 is 0 Å². The molecule has 1 aromatic rings. The smallest absolute Gasteiger partial charge is 0.215 e. The molecule has 0 atom stereocenters. The van der Waals surface area contributed by atoms with E-state index in [0.717, 1.165) is 18.4 Å². The Hall–Kier alpha value is -1.36. The van der Waals surface area contributed by atoms with Crippen LogP contribution in [0.25, 0.3) is 4.85 Å². The maximum atomic E-state index is 12.4. The molecule has 0 aliphatic carbocycles. The van der Waals surface area contributed by atoms with Crippen LogP contribution in [0.3, 0.4) is 0 Å². The van der Waals surface area contributed by atoms with Crippen molar-refractivity contribution < 1.29 is 4.39 Å². The summed E-state index contributed by atoms with van der Waals surface area (Å²) in [7, 11) is 0. The van der Waals surface area contributed by atoms with Gasteiger partial charge in [0.05, 0.1) is 0 Å². The third-order valence-electron chi connectivity index (χ3n) is 1.65. The fourth-order valence-corrected chi connectivity index (χ4v) is 1.01. The molecular formula is C10H10FN. The molecule has 0 heterocycles. The summed E-state index contributed by atoms with van der Waals surface area (Å²) in [5.41, 5.74) is 1.10. The van der Waals surface area contributed by atoms with E-state index in [9.17, 15) is 4.39 Å². The number of nitrogens with zero attached hydrogens (tertiary/aromatic N) is 1. The Labute approximate surface area is 71.7 Å². The highest BCUT2D eigenvalue weighted by molar-refractivity contribution is 5.16. The van der Waals surface area contributed by atoms with Gasteiger partial charge in [0.25, 0.3) is 0 Å². The predicted octanol–water partition coefficient (Wildman–Crippen LogP) is 2.68. The van der Waals surface area contributed by atoms with Gasteiger partial charge in [-0.05, 0) is 24.1 Å². The lowest BCUT2D eigenvalue weighted by Crippen LogP contribution is -1.87. The highest BCUT2D eigenvalue weighted by Crippen LogP contribution is 2.05. The van der Waals surface area contributed by atoms with Crippen molar-refractivity contribution >= 4 is 0 Å².